The van der Waals surface area contributed by atoms with E-state index in [-0.39, 0.29) is 0 Å². The molecule has 1 aromatic carbocycles. The Labute approximate surface area is 122 Å². The highest BCUT2D eigenvalue weighted by molar-refractivity contribution is 5.65. The average molecular weight is 271 g/mol. The molecule has 0 aliphatic rings. The van der Waals surface area contributed by atoms with E-state index in [1.807, 2.05) is 13.2 Å². The van der Waals surface area contributed by atoms with E-state index in [1.165, 1.54) is 22.4 Å². The number of aromatic nitrogens is 2. The maximum absolute atomic E-state index is 4.48. The number of rotatable bonds is 6. The summed E-state index contributed by atoms with van der Waals surface area (Å²) in [5.41, 5.74) is 5.08. The summed E-state index contributed by atoms with van der Waals surface area (Å²) in [7, 11) is 2.01. The molecule has 0 aliphatic heterocycles. The molecule has 0 spiro atoms. The summed E-state index contributed by atoms with van der Waals surface area (Å²) in [6.07, 6.45) is 4.19. The molecule has 2 rings (SSSR count). The van der Waals surface area contributed by atoms with Crippen LogP contribution in [0.4, 0.5) is 0 Å². The molecule has 0 amide bonds. The van der Waals surface area contributed by atoms with Crippen molar-refractivity contribution in [1.29, 1.82) is 0 Å². The summed E-state index contributed by atoms with van der Waals surface area (Å²) in [5.74, 6) is 0. The molecular weight excluding hydrogens is 246 g/mol. The molecule has 1 unspecified atom stereocenters. The minimum atomic E-state index is 0.438. The van der Waals surface area contributed by atoms with E-state index in [0.717, 1.165) is 19.4 Å². The quantitative estimate of drug-likeness (QED) is 0.862. The lowest BCUT2D eigenvalue weighted by molar-refractivity contribution is 0.577. The van der Waals surface area contributed by atoms with Gasteiger partial charge in [-0.05, 0) is 37.9 Å². The summed E-state index contributed by atoms with van der Waals surface area (Å²) < 4.78 is 2.09. The molecule has 108 valence electrons. The van der Waals surface area contributed by atoms with Gasteiger partial charge < -0.3 is 5.32 Å². The molecule has 0 saturated carbocycles. The largest absolute Gasteiger partial charge is 0.313 e. The SMILES string of the molecule is CCCn1ncc(-c2ccc(C(CC)NC)cc2)c1C. The Morgan fingerprint density at radius 3 is 2.45 bits per heavy atom. The highest BCUT2D eigenvalue weighted by Crippen LogP contribution is 2.25. The molecule has 2 aromatic rings. The van der Waals surface area contributed by atoms with Crippen molar-refractivity contribution in [2.24, 2.45) is 0 Å². The van der Waals surface area contributed by atoms with Crippen molar-refractivity contribution in [2.45, 2.75) is 46.2 Å². The first-order valence-electron chi connectivity index (χ1n) is 7.51. The Hall–Kier alpha value is -1.61. The van der Waals surface area contributed by atoms with Crippen LogP contribution in [0, 0.1) is 6.92 Å². The van der Waals surface area contributed by atoms with Crippen molar-refractivity contribution in [1.82, 2.24) is 15.1 Å². The average Bonchev–Trinajstić information content (AvgIpc) is 2.83. The third-order valence-corrected chi connectivity index (χ3v) is 3.92. The van der Waals surface area contributed by atoms with Gasteiger partial charge in [0.1, 0.15) is 0 Å². The van der Waals surface area contributed by atoms with Gasteiger partial charge in [0, 0.05) is 23.8 Å². The maximum Gasteiger partial charge on any atom is 0.0571 e. The van der Waals surface area contributed by atoms with Gasteiger partial charge >= 0.3 is 0 Å². The fraction of sp³-hybridized carbons (Fsp3) is 0.471. The van der Waals surface area contributed by atoms with Crippen LogP contribution in [0.25, 0.3) is 11.1 Å². The van der Waals surface area contributed by atoms with Crippen LogP contribution in [0.3, 0.4) is 0 Å². The minimum absolute atomic E-state index is 0.438. The number of nitrogens with zero attached hydrogens (tertiary/aromatic N) is 2. The van der Waals surface area contributed by atoms with Crippen LogP contribution in [0.15, 0.2) is 30.5 Å². The van der Waals surface area contributed by atoms with Crippen LogP contribution >= 0.6 is 0 Å². The Morgan fingerprint density at radius 1 is 1.20 bits per heavy atom. The van der Waals surface area contributed by atoms with Gasteiger partial charge in [-0.2, -0.15) is 5.10 Å². The fourth-order valence-electron chi connectivity index (χ4n) is 2.67. The van der Waals surface area contributed by atoms with Crippen LogP contribution in [0.5, 0.6) is 0 Å². The topological polar surface area (TPSA) is 29.9 Å². The molecule has 1 atom stereocenters. The Balaban J connectivity index is 2.26. The van der Waals surface area contributed by atoms with Crippen LogP contribution in [-0.2, 0) is 6.54 Å². The highest BCUT2D eigenvalue weighted by Gasteiger charge is 2.10. The van der Waals surface area contributed by atoms with E-state index >= 15 is 0 Å². The number of hydrogen-bond acceptors (Lipinski definition) is 2. The van der Waals surface area contributed by atoms with Gasteiger partial charge in [0.05, 0.1) is 6.20 Å². The molecule has 0 radical (unpaired) electrons. The van der Waals surface area contributed by atoms with Gasteiger partial charge in [-0.25, -0.2) is 0 Å². The lowest BCUT2D eigenvalue weighted by Gasteiger charge is -2.14. The van der Waals surface area contributed by atoms with Gasteiger partial charge in [-0.3, -0.25) is 4.68 Å². The van der Waals surface area contributed by atoms with Crippen LogP contribution in [0.2, 0.25) is 0 Å². The van der Waals surface area contributed by atoms with Gasteiger partial charge in [-0.15, -0.1) is 0 Å². The van der Waals surface area contributed by atoms with Gasteiger partial charge in [0.25, 0.3) is 0 Å². The maximum atomic E-state index is 4.48. The lowest BCUT2D eigenvalue weighted by Crippen LogP contribution is -2.14. The standard InChI is InChI=1S/C17H25N3/c1-5-11-20-13(3)16(12-19-20)14-7-9-15(10-8-14)17(6-2)18-4/h7-10,12,17-18H,5-6,11H2,1-4H3. The van der Waals surface area contributed by atoms with Crippen molar-refractivity contribution in [3.8, 4) is 11.1 Å². The predicted octanol–water partition coefficient (Wildman–Crippen LogP) is 3.94. The molecule has 3 nitrogen and oxygen atoms in total. The highest BCUT2D eigenvalue weighted by atomic mass is 15.3. The van der Waals surface area contributed by atoms with Crippen molar-refractivity contribution < 1.29 is 0 Å². The summed E-state index contributed by atoms with van der Waals surface area (Å²) in [6, 6.07) is 9.28. The van der Waals surface area contributed by atoms with Gasteiger partial charge in [0.15, 0.2) is 0 Å². The van der Waals surface area contributed by atoms with Crippen molar-refractivity contribution in [3.63, 3.8) is 0 Å². The monoisotopic (exact) mass is 271 g/mol. The smallest absolute Gasteiger partial charge is 0.0571 e. The third kappa shape index (κ3) is 2.93. The summed E-state index contributed by atoms with van der Waals surface area (Å²) in [6.45, 7) is 7.52. The lowest BCUT2D eigenvalue weighted by atomic mass is 10.00. The molecule has 0 fully saturated rings. The molecule has 1 aromatic heterocycles. The molecule has 0 aliphatic carbocycles. The first-order valence-corrected chi connectivity index (χ1v) is 7.51. The summed E-state index contributed by atoms with van der Waals surface area (Å²) in [4.78, 5) is 0. The zero-order chi connectivity index (χ0) is 14.5. The number of nitrogens with one attached hydrogen (secondary N) is 1. The number of benzene rings is 1. The normalized spacial score (nSPS) is 12.6. The van der Waals surface area contributed by atoms with E-state index in [0.29, 0.717) is 6.04 Å². The van der Waals surface area contributed by atoms with E-state index in [2.05, 4.69) is 60.1 Å². The zero-order valence-corrected chi connectivity index (χ0v) is 13.0. The Kier molecular flexibility index (Phi) is 4.96. The van der Waals surface area contributed by atoms with Crippen LogP contribution in [0.1, 0.15) is 44.0 Å². The predicted molar refractivity (Wildman–Crippen MR) is 84.8 cm³/mol. The molecule has 20 heavy (non-hydrogen) atoms. The first-order chi connectivity index (χ1) is 9.71. The van der Waals surface area contributed by atoms with Crippen LogP contribution < -0.4 is 5.32 Å². The van der Waals surface area contributed by atoms with E-state index in [1.54, 1.807) is 0 Å². The van der Waals surface area contributed by atoms with Crippen LogP contribution in [-0.4, -0.2) is 16.8 Å². The van der Waals surface area contributed by atoms with E-state index in [9.17, 15) is 0 Å². The second-order valence-corrected chi connectivity index (χ2v) is 5.24. The molecule has 1 heterocycles. The molecule has 0 saturated heterocycles. The number of aryl methyl sites for hydroxylation is 1. The third-order valence-electron chi connectivity index (χ3n) is 3.92. The second kappa shape index (κ2) is 6.71. The summed E-state index contributed by atoms with van der Waals surface area (Å²) in [5, 5.41) is 7.82. The van der Waals surface area contributed by atoms with Gasteiger partial charge in [0.2, 0.25) is 0 Å². The first kappa shape index (κ1) is 14.8. The van der Waals surface area contributed by atoms with Crippen molar-refractivity contribution in [2.75, 3.05) is 7.05 Å². The van der Waals surface area contributed by atoms with E-state index < -0.39 is 0 Å². The second-order valence-electron chi connectivity index (χ2n) is 5.24. The summed E-state index contributed by atoms with van der Waals surface area (Å²) >= 11 is 0. The van der Waals surface area contributed by atoms with Crippen molar-refractivity contribution in [3.05, 3.63) is 41.7 Å². The Bertz CT molecular complexity index is 536. The molecule has 1 N–H and O–H groups in total. The number of hydrogen-bond donors (Lipinski definition) is 1. The van der Waals surface area contributed by atoms with E-state index in [4.69, 9.17) is 0 Å². The van der Waals surface area contributed by atoms with Crippen molar-refractivity contribution >= 4 is 0 Å². The fourth-order valence-corrected chi connectivity index (χ4v) is 2.67. The van der Waals surface area contributed by atoms with Gasteiger partial charge in [-0.1, -0.05) is 38.1 Å². The minimum Gasteiger partial charge on any atom is -0.313 e. The Morgan fingerprint density at radius 2 is 1.90 bits per heavy atom. The molecule has 0 bridgehead atoms. The molecular formula is C17H25N3. The zero-order valence-electron chi connectivity index (χ0n) is 13.0. The molecule has 3 heteroatoms.